The minimum Gasteiger partial charge on any atom is -0.478 e. The zero-order valence-electron chi connectivity index (χ0n) is 17.0. The number of thioether (sulfide) groups is 1. The van der Waals surface area contributed by atoms with Gasteiger partial charge in [0.15, 0.2) is 5.17 Å². The first-order valence-electron chi connectivity index (χ1n) is 10.6. The van der Waals surface area contributed by atoms with Crippen molar-refractivity contribution >= 4 is 28.8 Å². The molecule has 0 bridgehead atoms. The number of carboxylic acid groups (broad SMARTS) is 1. The molecule has 1 heterocycles. The fourth-order valence-corrected chi connectivity index (χ4v) is 4.05. The molecule has 1 amide bonds. The van der Waals surface area contributed by atoms with Crippen LogP contribution in [-0.4, -0.2) is 40.1 Å². The second kappa shape index (κ2) is 14.7. The molecule has 0 unspecified atom stereocenters. The van der Waals surface area contributed by atoms with Crippen LogP contribution in [0.25, 0.3) is 0 Å². The fraction of sp³-hybridized carbons (Fsp3) is 0.762. The predicted octanol–water partition coefficient (Wildman–Crippen LogP) is 5.61. The third-order valence-electron chi connectivity index (χ3n) is 4.64. The van der Waals surface area contributed by atoms with Gasteiger partial charge in [-0.3, -0.25) is 14.7 Å². The smallest absolute Gasteiger partial charge is 0.329 e. The molecule has 0 aromatic heterocycles. The van der Waals surface area contributed by atoms with Crippen molar-refractivity contribution in [3.05, 3.63) is 11.0 Å². The van der Waals surface area contributed by atoms with Gasteiger partial charge in [-0.25, -0.2) is 4.79 Å². The van der Waals surface area contributed by atoms with E-state index in [1.165, 1.54) is 63.1 Å². The lowest BCUT2D eigenvalue weighted by atomic mass is 10.1. The second-order valence-electron chi connectivity index (χ2n) is 7.11. The van der Waals surface area contributed by atoms with Crippen LogP contribution in [-0.2, 0) is 9.59 Å². The van der Waals surface area contributed by atoms with Gasteiger partial charge >= 0.3 is 5.97 Å². The molecular formula is C21H36N2O3S. The van der Waals surface area contributed by atoms with Crippen LogP contribution in [0.2, 0.25) is 0 Å². The first-order valence-corrected chi connectivity index (χ1v) is 11.4. The third-order valence-corrected chi connectivity index (χ3v) is 5.68. The Bertz CT molecular complexity index is 518. The molecule has 0 aromatic carbocycles. The number of aliphatic carboxylic acids is 1. The number of amides is 1. The van der Waals surface area contributed by atoms with Gasteiger partial charge in [0.1, 0.15) is 0 Å². The minimum atomic E-state index is -1.08. The highest BCUT2D eigenvalue weighted by molar-refractivity contribution is 8.18. The monoisotopic (exact) mass is 396 g/mol. The molecule has 0 saturated carbocycles. The van der Waals surface area contributed by atoms with Gasteiger partial charge in [0.2, 0.25) is 0 Å². The Balaban J connectivity index is 2.52. The van der Waals surface area contributed by atoms with Crippen LogP contribution in [0.1, 0.15) is 90.9 Å². The van der Waals surface area contributed by atoms with E-state index in [4.69, 9.17) is 5.11 Å². The maximum atomic E-state index is 12.5. The summed E-state index contributed by atoms with van der Waals surface area (Å²) < 4.78 is 0. The molecule has 1 saturated heterocycles. The Hall–Kier alpha value is -1.30. The Labute approximate surface area is 168 Å². The molecule has 0 spiro atoms. The van der Waals surface area contributed by atoms with E-state index in [2.05, 4.69) is 18.8 Å². The van der Waals surface area contributed by atoms with E-state index >= 15 is 0 Å². The van der Waals surface area contributed by atoms with Gasteiger partial charge in [0.05, 0.1) is 4.91 Å². The summed E-state index contributed by atoms with van der Waals surface area (Å²) in [7, 11) is 0. The number of carbonyl (C=O) groups is 2. The average molecular weight is 397 g/mol. The number of rotatable bonds is 15. The molecule has 1 aliphatic rings. The lowest BCUT2D eigenvalue weighted by Crippen LogP contribution is -2.30. The van der Waals surface area contributed by atoms with Crippen LogP contribution < -0.4 is 0 Å². The van der Waals surface area contributed by atoms with Gasteiger partial charge in [0.25, 0.3) is 5.91 Å². The Morgan fingerprint density at radius 1 is 0.963 bits per heavy atom. The molecule has 0 aromatic rings. The normalized spacial score (nSPS) is 17.4. The van der Waals surface area contributed by atoms with Crippen molar-refractivity contribution < 1.29 is 14.7 Å². The summed E-state index contributed by atoms with van der Waals surface area (Å²) in [4.78, 5) is 30.0. The van der Waals surface area contributed by atoms with Crippen molar-refractivity contribution in [3.8, 4) is 0 Å². The summed E-state index contributed by atoms with van der Waals surface area (Å²) >= 11 is 1.21. The molecule has 1 rings (SSSR count). The Morgan fingerprint density at radius 3 is 2.11 bits per heavy atom. The quantitative estimate of drug-likeness (QED) is 0.289. The molecule has 5 nitrogen and oxygen atoms in total. The van der Waals surface area contributed by atoms with E-state index in [1.54, 1.807) is 4.90 Å². The number of hydrogen-bond acceptors (Lipinski definition) is 4. The maximum Gasteiger partial charge on any atom is 0.329 e. The van der Waals surface area contributed by atoms with E-state index in [0.29, 0.717) is 18.3 Å². The second-order valence-corrected chi connectivity index (χ2v) is 8.11. The molecule has 0 radical (unpaired) electrons. The summed E-state index contributed by atoms with van der Waals surface area (Å²) in [6, 6.07) is 0. The molecule has 0 aliphatic carbocycles. The Kier molecular flexibility index (Phi) is 12.9. The number of carbonyl (C=O) groups excluding carboxylic acids is 1. The maximum absolute atomic E-state index is 12.5. The van der Waals surface area contributed by atoms with Crippen molar-refractivity contribution in [3.63, 3.8) is 0 Å². The zero-order chi connectivity index (χ0) is 19.9. The number of nitrogens with zero attached hydrogens (tertiary/aromatic N) is 2. The standard InChI is InChI=1S/C21H36N2O3S/c1-3-5-7-9-11-13-15-22-21-23(16-14-12-10-8-6-4-2)20(26)18(27-21)17-19(24)25/h17H,3-16H2,1-2H3,(H,24,25)/b18-17-,22-21+. The van der Waals surface area contributed by atoms with Crippen LogP contribution in [0, 0.1) is 0 Å². The van der Waals surface area contributed by atoms with Crippen molar-refractivity contribution in [2.24, 2.45) is 4.99 Å². The topological polar surface area (TPSA) is 70.0 Å². The SMILES string of the molecule is CCCCCCCC/N=C1/S/C(=C\C(=O)O)C(=O)N1CCCCCCCC. The minimum absolute atomic E-state index is 0.211. The summed E-state index contributed by atoms with van der Waals surface area (Å²) in [6.45, 7) is 5.74. The Morgan fingerprint density at radius 2 is 1.52 bits per heavy atom. The predicted molar refractivity (Wildman–Crippen MR) is 114 cm³/mol. The highest BCUT2D eigenvalue weighted by Crippen LogP contribution is 2.31. The van der Waals surface area contributed by atoms with Crippen molar-refractivity contribution in [2.75, 3.05) is 13.1 Å². The third kappa shape index (κ3) is 9.99. The van der Waals surface area contributed by atoms with Crippen molar-refractivity contribution in [2.45, 2.75) is 90.9 Å². The lowest BCUT2D eigenvalue weighted by molar-refractivity contribution is -0.132. The largest absolute Gasteiger partial charge is 0.478 e. The van der Waals surface area contributed by atoms with Gasteiger partial charge in [-0.15, -0.1) is 0 Å². The number of carboxylic acids is 1. The first kappa shape index (κ1) is 23.7. The van der Waals surface area contributed by atoms with E-state index in [-0.39, 0.29) is 10.8 Å². The van der Waals surface area contributed by atoms with Gasteiger partial charge < -0.3 is 5.11 Å². The summed E-state index contributed by atoms with van der Waals surface area (Å²) in [5.74, 6) is -1.29. The van der Waals surface area contributed by atoms with Crippen molar-refractivity contribution in [1.82, 2.24) is 4.90 Å². The van der Waals surface area contributed by atoms with Crippen LogP contribution >= 0.6 is 11.8 Å². The number of amidine groups is 1. The molecule has 1 fully saturated rings. The zero-order valence-corrected chi connectivity index (χ0v) is 17.9. The van der Waals surface area contributed by atoms with Gasteiger partial charge in [0, 0.05) is 19.2 Å². The number of unbranched alkanes of at least 4 members (excludes halogenated alkanes) is 10. The van der Waals surface area contributed by atoms with Crippen LogP contribution in [0.15, 0.2) is 16.0 Å². The summed E-state index contributed by atoms with van der Waals surface area (Å²) in [6.07, 6.45) is 15.2. The van der Waals surface area contributed by atoms with Gasteiger partial charge in [-0.2, -0.15) is 0 Å². The highest BCUT2D eigenvalue weighted by Gasteiger charge is 2.33. The molecule has 0 atom stereocenters. The van der Waals surface area contributed by atoms with E-state index in [9.17, 15) is 9.59 Å². The molecule has 6 heteroatoms. The summed E-state index contributed by atoms with van der Waals surface area (Å²) in [5, 5.41) is 9.65. The number of aliphatic imine (C=N–C) groups is 1. The molecular weight excluding hydrogens is 360 g/mol. The van der Waals surface area contributed by atoms with Crippen LogP contribution in [0.3, 0.4) is 0 Å². The van der Waals surface area contributed by atoms with Gasteiger partial charge in [-0.05, 0) is 24.6 Å². The van der Waals surface area contributed by atoms with Crippen LogP contribution in [0.5, 0.6) is 0 Å². The number of hydrogen-bond donors (Lipinski definition) is 1. The van der Waals surface area contributed by atoms with E-state index in [1.807, 2.05) is 0 Å². The highest BCUT2D eigenvalue weighted by atomic mass is 32.2. The van der Waals surface area contributed by atoms with Gasteiger partial charge in [-0.1, -0.05) is 78.1 Å². The molecule has 1 aliphatic heterocycles. The molecule has 154 valence electrons. The average Bonchev–Trinajstić information content (AvgIpc) is 2.92. The molecule has 27 heavy (non-hydrogen) atoms. The fourth-order valence-electron chi connectivity index (χ4n) is 3.05. The van der Waals surface area contributed by atoms with Crippen LogP contribution in [0.4, 0.5) is 0 Å². The van der Waals surface area contributed by atoms with E-state index < -0.39 is 5.97 Å². The summed E-state index contributed by atoms with van der Waals surface area (Å²) in [5.41, 5.74) is 0. The van der Waals surface area contributed by atoms with Crippen molar-refractivity contribution in [1.29, 1.82) is 0 Å². The van der Waals surface area contributed by atoms with E-state index in [0.717, 1.165) is 31.8 Å². The molecule has 1 N–H and O–H groups in total. The first-order chi connectivity index (χ1) is 13.1. The lowest BCUT2D eigenvalue weighted by Gasteiger charge is -2.15.